The van der Waals surface area contributed by atoms with Crippen LogP contribution in [0.3, 0.4) is 0 Å². The molecule has 0 atom stereocenters. The largest absolute Gasteiger partial charge is 0.370 e. The van der Waals surface area contributed by atoms with Crippen LogP contribution in [0, 0.1) is 0 Å². The van der Waals surface area contributed by atoms with Crippen LogP contribution in [-0.4, -0.2) is 52.2 Å². The topological polar surface area (TPSA) is 49.2 Å². The molecule has 0 aromatic heterocycles. The van der Waals surface area contributed by atoms with E-state index in [1.54, 1.807) is 0 Å². The Bertz CT molecular complexity index is 221. The van der Waals surface area contributed by atoms with Crippen LogP contribution in [0.1, 0.15) is 13.8 Å². The molecule has 16 heavy (non-hydrogen) atoms. The van der Waals surface area contributed by atoms with E-state index in [1.807, 2.05) is 13.8 Å². The first-order chi connectivity index (χ1) is 7.70. The predicted octanol–water partition coefficient (Wildman–Crippen LogP) is 0.168. The maximum atomic E-state index is 12.2. The summed E-state index contributed by atoms with van der Waals surface area (Å²) in [5, 5.41) is 0. The Morgan fingerprint density at radius 1 is 1.19 bits per heavy atom. The molecule has 0 radical (unpaired) electrons. The number of morpholine rings is 1. The van der Waals surface area contributed by atoms with Gasteiger partial charge < -0.3 is 18.7 Å². The number of nitrogens with one attached hydrogen (secondary N) is 1. The third kappa shape index (κ3) is 4.93. The number of hydrogen-bond acceptors (Lipinski definition) is 4. The molecule has 0 saturated carbocycles. The molecule has 0 unspecified atom stereocenters. The summed E-state index contributed by atoms with van der Waals surface area (Å²) >= 11 is 0. The standard InChI is InChI=1S/C10H22NO4P/c1-3-14-16(12,15-4-2)10-7-11-5-8-13-9-6-11/h3-10H2,1-2H3/p+1. The Kier molecular flexibility index (Phi) is 6.54. The zero-order chi connectivity index (χ0) is 11.9. The molecule has 0 aromatic rings. The van der Waals surface area contributed by atoms with E-state index < -0.39 is 7.60 Å². The molecule has 1 aliphatic rings. The Labute approximate surface area is 97.6 Å². The third-order valence-corrected chi connectivity index (χ3v) is 4.67. The Balaban J connectivity index is 2.33. The van der Waals surface area contributed by atoms with Gasteiger partial charge in [-0.15, -0.1) is 0 Å². The van der Waals surface area contributed by atoms with E-state index in [9.17, 15) is 4.57 Å². The molecule has 1 aliphatic heterocycles. The van der Waals surface area contributed by atoms with Crippen LogP contribution in [0.25, 0.3) is 0 Å². The summed E-state index contributed by atoms with van der Waals surface area (Å²) in [6.45, 7) is 8.95. The van der Waals surface area contributed by atoms with Crippen molar-refractivity contribution in [3.63, 3.8) is 0 Å². The highest BCUT2D eigenvalue weighted by Gasteiger charge is 2.26. The van der Waals surface area contributed by atoms with Crippen LogP contribution in [0.15, 0.2) is 0 Å². The van der Waals surface area contributed by atoms with Gasteiger partial charge >= 0.3 is 7.60 Å². The van der Waals surface area contributed by atoms with Crippen molar-refractivity contribution in [2.75, 3.05) is 52.2 Å². The van der Waals surface area contributed by atoms with Crippen molar-refractivity contribution in [1.29, 1.82) is 0 Å². The fourth-order valence-electron chi connectivity index (χ4n) is 1.76. The summed E-state index contributed by atoms with van der Waals surface area (Å²) in [6, 6.07) is 0. The molecule has 0 aliphatic carbocycles. The van der Waals surface area contributed by atoms with Crippen LogP contribution >= 0.6 is 7.60 Å². The lowest BCUT2D eigenvalue weighted by molar-refractivity contribution is -0.905. The van der Waals surface area contributed by atoms with Gasteiger partial charge in [0.15, 0.2) is 0 Å². The van der Waals surface area contributed by atoms with Crippen molar-refractivity contribution in [3.8, 4) is 0 Å². The van der Waals surface area contributed by atoms with Gasteiger partial charge in [0.2, 0.25) is 0 Å². The molecule has 1 heterocycles. The first-order valence-electron chi connectivity index (χ1n) is 5.99. The summed E-state index contributed by atoms with van der Waals surface area (Å²) in [5.74, 6) is 0. The molecule has 0 spiro atoms. The fourth-order valence-corrected chi connectivity index (χ4v) is 3.47. The molecular formula is C10H23NO4P+. The average molecular weight is 252 g/mol. The Hall–Kier alpha value is 0.0700. The highest BCUT2D eigenvalue weighted by Crippen LogP contribution is 2.47. The van der Waals surface area contributed by atoms with Gasteiger partial charge in [0.1, 0.15) is 13.1 Å². The minimum atomic E-state index is -2.85. The van der Waals surface area contributed by atoms with Crippen molar-refractivity contribution in [2.45, 2.75) is 13.8 Å². The highest BCUT2D eigenvalue weighted by molar-refractivity contribution is 7.53. The summed E-state index contributed by atoms with van der Waals surface area (Å²) in [4.78, 5) is 1.42. The van der Waals surface area contributed by atoms with Gasteiger partial charge in [-0.25, -0.2) is 0 Å². The average Bonchev–Trinajstić information content (AvgIpc) is 2.29. The third-order valence-electron chi connectivity index (χ3n) is 2.59. The molecule has 5 nitrogen and oxygen atoms in total. The number of ether oxygens (including phenoxy) is 1. The molecule has 0 bridgehead atoms. The van der Waals surface area contributed by atoms with Crippen molar-refractivity contribution < 1.29 is 23.2 Å². The Morgan fingerprint density at radius 3 is 2.25 bits per heavy atom. The fraction of sp³-hybridized carbons (Fsp3) is 1.00. The van der Waals surface area contributed by atoms with Gasteiger partial charge in [0, 0.05) is 0 Å². The summed E-state index contributed by atoms with van der Waals surface area (Å²) in [5.41, 5.74) is 0. The lowest BCUT2D eigenvalue weighted by Gasteiger charge is -2.25. The van der Waals surface area contributed by atoms with Crippen molar-refractivity contribution in [1.82, 2.24) is 0 Å². The second-order valence-corrected chi connectivity index (χ2v) is 5.97. The van der Waals surface area contributed by atoms with Gasteiger partial charge in [0.25, 0.3) is 0 Å². The molecule has 1 fully saturated rings. The van der Waals surface area contributed by atoms with Gasteiger partial charge in [0.05, 0.1) is 39.1 Å². The van der Waals surface area contributed by atoms with Crippen LogP contribution in [0.5, 0.6) is 0 Å². The lowest BCUT2D eigenvalue weighted by Crippen LogP contribution is -3.14. The van der Waals surface area contributed by atoms with Gasteiger partial charge in [-0.05, 0) is 13.8 Å². The van der Waals surface area contributed by atoms with Crippen LogP contribution < -0.4 is 4.90 Å². The summed E-state index contributed by atoms with van der Waals surface area (Å²) < 4.78 is 27.9. The highest BCUT2D eigenvalue weighted by atomic mass is 31.2. The van der Waals surface area contributed by atoms with Gasteiger partial charge in [-0.2, -0.15) is 0 Å². The van der Waals surface area contributed by atoms with E-state index in [0.717, 1.165) is 32.8 Å². The molecular weight excluding hydrogens is 229 g/mol. The normalized spacial score (nSPS) is 18.9. The van der Waals surface area contributed by atoms with Crippen molar-refractivity contribution in [2.24, 2.45) is 0 Å². The van der Waals surface area contributed by atoms with Crippen LogP contribution in [0.2, 0.25) is 0 Å². The predicted molar refractivity (Wildman–Crippen MR) is 62.1 cm³/mol. The van der Waals surface area contributed by atoms with Gasteiger partial charge in [-0.1, -0.05) is 0 Å². The summed E-state index contributed by atoms with van der Waals surface area (Å²) in [6.07, 6.45) is 0.504. The number of hydrogen-bond donors (Lipinski definition) is 1. The molecule has 96 valence electrons. The van der Waals surface area contributed by atoms with Crippen LogP contribution in [0.4, 0.5) is 0 Å². The zero-order valence-electron chi connectivity index (χ0n) is 10.2. The first kappa shape index (κ1) is 14.1. The van der Waals surface area contributed by atoms with E-state index in [0.29, 0.717) is 19.4 Å². The van der Waals surface area contributed by atoms with E-state index in [4.69, 9.17) is 13.8 Å². The monoisotopic (exact) mass is 252 g/mol. The number of rotatable bonds is 7. The maximum absolute atomic E-state index is 12.2. The zero-order valence-corrected chi connectivity index (χ0v) is 11.1. The summed E-state index contributed by atoms with van der Waals surface area (Å²) in [7, 11) is -2.85. The quantitative estimate of drug-likeness (QED) is 0.656. The lowest BCUT2D eigenvalue weighted by atomic mass is 10.4. The number of quaternary nitrogens is 1. The SMILES string of the molecule is CCOP(=O)(CC[NH+]1CCOCC1)OCC. The molecule has 1 N–H and O–H groups in total. The molecule has 0 aromatic carbocycles. The molecule has 6 heteroatoms. The maximum Gasteiger partial charge on any atom is 0.336 e. The smallest absolute Gasteiger partial charge is 0.336 e. The first-order valence-corrected chi connectivity index (χ1v) is 7.72. The minimum absolute atomic E-state index is 0.440. The van der Waals surface area contributed by atoms with Gasteiger partial charge in [-0.3, -0.25) is 4.57 Å². The van der Waals surface area contributed by atoms with Crippen LogP contribution in [-0.2, 0) is 18.3 Å². The van der Waals surface area contributed by atoms with Crippen molar-refractivity contribution in [3.05, 3.63) is 0 Å². The molecule has 1 saturated heterocycles. The van der Waals surface area contributed by atoms with E-state index in [1.165, 1.54) is 4.90 Å². The van der Waals surface area contributed by atoms with E-state index >= 15 is 0 Å². The Morgan fingerprint density at radius 2 is 1.75 bits per heavy atom. The van der Waals surface area contributed by atoms with E-state index in [-0.39, 0.29) is 0 Å². The second kappa shape index (κ2) is 7.41. The second-order valence-electron chi connectivity index (χ2n) is 3.78. The van der Waals surface area contributed by atoms with Crippen molar-refractivity contribution >= 4 is 7.60 Å². The molecule has 0 amide bonds. The van der Waals surface area contributed by atoms with E-state index in [2.05, 4.69) is 0 Å². The molecule has 1 rings (SSSR count). The minimum Gasteiger partial charge on any atom is -0.370 e.